The molecule has 2 heterocycles. The molecule has 3 aromatic rings. The van der Waals surface area contributed by atoms with Crippen LogP contribution in [0.3, 0.4) is 0 Å². The number of nitrogen functional groups attached to an aromatic ring is 1. The number of furan rings is 1. The summed E-state index contributed by atoms with van der Waals surface area (Å²) < 4.78 is 11.0. The maximum absolute atomic E-state index is 5.86. The minimum absolute atomic E-state index is 0.542. The largest absolute Gasteiger partial charge is 0.493 e. The fraction of sp³-hybridized carbons (Fsp3) is 0.154. The summed E-state index contributed by atoms with van der Waals surface area (Å²) in [5.74, 6) is 2.09. The Morgan fingerprint density at radius 2 is 2.17 bits per heavy atom. The molecular weight excluding hydrogens is 230 g/mol. The van der Waals surface area contributed by atoms with Crippen LogP contribution in [0, 0.1) is 6.92 Å². The first-order valence-electron chi connectivity index (χ1n) is 5.57. The Balaban J connectivity index is 2.35. The van der Waals surface area contributed by atoms with E-state index in [0.29, 0.717) is 11.6 Å². The summed E-state index contributed by atoms with van der Waals surface area (Å²) >= 11 is 0. The average Bonchev–Trinajstić information content (AvgIpc) is 2.93. The number of nitrogens with zero attached hydrogens (tertiary/aromatic N) is 1. The zero-order valence-corrected chi connectivity index (χ0v) is 10.2. The van der Waals surface area contributed by atoms with Gasteiger partial charge in [0.05, 0.1) is 13.3 Å². The lowest BCUT2D eigenvalue weighted by Crippen LogP contribution is -1.89. The first-order chi connectivity index (χ1) is 8.70. The standard InChI is InChI=1S/C13H13N3O2/c1-7-5-9-8(10-6-15-16-13(10)14)3-4-11(17-2)12(9)18-7/h3-6H,1-2H3,(H3,14,15,16). The molecule has 0 unspecified atom stereocenters. The summed E-state index contributed by atoms with van der Waals surface area (Å²) in [6.45, 7) is 1.90. The quantitative estimate of drug-likeness (QED) is 0.725. The van der Waals surface area contributed by atoms with E-state index >= 15 is 0 Å². The van der Waals surface area contributed by atoms with Crippen LogP contribution in [-0.4, -0.2) is 17.3 Å². The number of aromatic nitrogens is 2. The third kappa shape index (κ3) is 1.44. The molecule has 5 nitrogen and oxygen atoms in total. The maximum atomic E-state index is 5.86. The van der Waals surface area contributed by atoms with Gasteiger partial charge in [-0.15, -0.1) is 0 Å². The molecule has 0 amide bonds. The van der Waals surface area contributed by atoms with Gasteiger partial charge in [-0.25, -0.2) is 0 Å². The Morgan fingerprint density at radius 1 is 1.33 bits per heavy atom. The highest BCUT2D eigenvalue weighted by molar-refractivity contribution is 5.99. The Bertz CT molecular complexity index is 712. The number of anilines is 1. The lowest BCUT2D eigenvalue weighted by atomic mass is 10.0. The van der Waals surface area contributed by atoms with Crippen molar-refractivity contribution in [3.8, 4) is 16.9 Å². The number of methoxy groups -OCH3 is 1. The van der Waals surface area contributed by atoms with E-state index in [1.807, 2.05) is 25.1 Å². The van der Waals surface area contributed by atoms with Crippen molar-refractivity contribution in [2.24, 2.45) is 0 Å². The fourth-order valence-electron chi connectivity index (χ4n) is 2.13. The van der Waals surface area contributed by atoms with Crippen molar-refractivity contribution in [3.05, 3.63) is 30.2 Å². The van der Waals surface area contributed by atoms with Gasteiger partial charge in [-0.2, -0.15) is 5.10 Å². The smallest absolute Gasteiger partial charge is 0.176 e. The monoisotopic (exact) mass is 243 g/mol. The summed E-state index contributed by atoms with van der Waals surface area (Å²) in [6, 6.07) is 5.80. The van der Waals surface area contributed by atoms with Gasteiger partial charge in [0.25, 0.3) is 0 Å². The predicted molar refractivity (Wildman–Crippen MR) is 69.5 cm³/mol. The Morgan fingerprint density at radius 3 is 2.83 bits per heavy atom. The van der Waals surface area contributed by atoms with Crippen LogP contribution >= 0.6 is 0 Å². The van der Waals surface area contributed by atoms with Gasteiger partial charge < -0.3 is 14.9 Å². The zero-order valence-electron chi connectivity index (χ0n) is 10.2. The molecule has 0 aliphatic rings. The summed E-state index contributed by atoms with van der Waals surface area (Å²) in [5, 5.41) is 7.65. The second-order valence-corrected chi connectivity index (χ2v) is 4.11. The number of nitrogens with two attached hydrogens (primary N) is 1. The van der Waals surface area contributed by atoms with Crippen molar-refractivity contribution < 1.29 is 9.15 Å². The minimum atomic E-state index is 0.542. The number of aryl methyl sites for hydroxylation is 1. The highest BCUT2D eigenvalue weighted by atomic mass is 16.5. The Labute approximate surface area is 104 Å². The molecule has 1 aromatic carbocycles. The van der Waals surface area contributed by atoms with Gasteiger partial charge in [0.15, 0.2) is 11.3 Å². The van der Waals surface area contributed by atoms with E-state index in [-0.39, 0.29) is 0 Å². The van der Waals surface area contributed by atoms with E-state index in [1.54, 1.807) is 13.3 Å². The lowest BCUT2D eigenvalue weighted by Gasteiger charge is -2.05. The molecule has 0 aliphatic heterocycles. The molecule has 0 spiro atoms. The summed E-state index contributed by atoms with van der Waals surface area (Å²) in [5.41, 5.74) is 8.44. The zero-order chi connectivity index (χ0) is 12.7. The highest BCUT2D eigenvalue weighted by Crippen LogP contribution is 2.37. The molecule has 0 radical (unpaired) electrons. The molecule has 0 atom stereocenters. The van der Waals surface area contributed by atoms with Crippen LogP contribution in [0.1, 0.15) is 5.76 Å². The van der Waals surface area contributed by atoms with Gasteiger partial charge in [0.2, 0.25) is 0 Å². The van der Waals surface area contributed by atoms with E-state index in [1.165, 1.54) is 0 Å². The van der Waals surface area contributed by atoms with Crippen LogP contribution in [0.5, 0.6) is 5.75 Å². The first kappa shape index (κ1) is 10.7. The Hall–Kier alpha value is -2.43. The van der Waals surface area contributed by atoms with Crippen molar-refractivity contribution >= 4 is 16.8 Å². The number of hydrogen-bond acceptors (Lipinski definition) is 4. The molecule has 18 heavy (non-hydrogen) atoms. The van der Waals surface area contributed by atoms with Crippen molar-refractivity contribution in [1.82, 2.24) is 10.2 Å². The van der Waals surface area contributed by atoms with Crippen LogP contribution in [0.15, 0.2) is 28.8 Å². The number of H-pyrrole nitrogens is 1. The maximum Gasteiger partial charge on any atom is 0.176 e. The van der Waals surface area contributed by atoms with Gasteiger partial charge in [-0.05, 0) is 30.7 Å². The average molecular weight is 243 g/mol. The number of aromatic amines is 1. The van der Waals surface area contributed by atoms with Crippen molar-refractivity contribution in [3.63, 3.8) is 0 Å². The van der Waals surface area contributed by atoms with Gasteiger partial charge in [-0.1, -0.05) is 0 Å². The molecular formula is C13H13N3O2. The molecule has 3 N–H and O–H groups in total. The van der Waals surface area contributed by atoms with Crippen LogP contribution in [-0.2, 0) is 0 Å². The lowest BCUT2D eigenvalue weighted by molar-refractivity contribution is 0.409. The number of benzene rings is 1. The molecule has 0 aliphatic carbocycles. The molecule has 0 bridgehead atoms. The first-order valence-corrected chi connectivity index (χ1v) is 5.57. The summed E-state index contributed by atoms with van der Waals surface area (Å²) in [4.78, 5) is 0. The van der Waals surface area contributed by atoms with Crippen molar-refractivity contribution in [2.45, 2.75) is 6.92 Å². The summed E-state index contributed by atoms with van der Waals surface area (Å²) in [6.07, 6.45) is 1.71. The van der Waals surface area contributed by atoms with Gasteiger partial charge in [-0.3, -0.25) is 5.10 Å². The molecule has 5 heteroatoms. The SMILES string of the molecule is COc1ccc(-c2cn[nH]c2N)c2cc(C)oc12. The van der Waals surface area contributed by atoms with Gasteiger partial charge in [0.1, 0.15) is 11.6 Å². The van der Waals surface area contributed by atoms with Crippen LogP contribution in [0.2, 0.25) is 0 Å². The van der Waals surface area contributed by atoms with Crippen molar-refractivity contribution in [1.29, 1.82) is 0 Å². The minimum Gasteiger partial charge on any atom is -0.493 e. The van der Waals surface area contributed by atoms with E-state index < -0.39 is 0 Å². The summed E-state index contributed by atoms with van der Waals surface area (Å²) in [7, 11) is 1.62. The van der Waals surface area contributed by atoms with Gasteiger partial charge in [0, 0.05) is 10.9 Å². The van der Waals surface area contributed by atoms with E-state index in [9.17, 15) is 0 Å². The number of rotatable bonds is 2. The topological polar surface area (TPSA) is 77.1 Å². The van der Waals surface area contributed by atoms with E-state index in [2.05, 4.69) is 10.2 Å². The molecule has 0 fully saturated rings. The van der Waals surface area contributed by atoms with Crippen molar-refractivity contribution in [2.75, 3.05) is 12.8 Å². The number of nitrogens with one attached hydrogen (secondary N) is 1. The second kappa shape index (κ2) is 3.80. The molecule has 0 saturated carbocycles. The number of ether oxygens (including phenoxy) is 1. The molecule has 0 saturated heterocycles. The molecule has 92 valence electrons. The second-order valence-electron chi connectivity index (χ2n) is 4.11. The van der Waals surface area contributed by atoms with E-state index in [4.69, 9.17) is 14.9 Å². The third-order valence-electron chi connectivity index (χ3n) is 2.95. The normalized spacial score (nSPS) is 11.0. The number of fused-ring (bicyclic) bond motifs is 1. The van der Waals surface area contributed by atoms with Gasteiger partial charge >= 0.3 is 0 Å². The van der Waals surface area contributed by atoms with Crippen LogP contribution in [0.25, 0.3) is 22.1 Å². The third-order valence-corrected chi connectivity index (χ3v) is 2.95. The predicted octanol–water partition coefficient (Wildman–Crippen LogP) is 2.72. The van der Waals surface area contributed by atoms with Crippen LogP contribution < -0.4 is 10.5 Å². The Kier molecular flexibility index (Phi) is 2.26. The highest BCUT2D eigenvalue weighted by Gasteiger charge is 2.15. The molecule has 2 aromatic heterocycles. The number of hydrogen-bond donors (Lipinski definition) is 2. The van der Waals surface area contributed by atoms with Crippen LogP contribution in [0.4, 0.5) is 5.82 Å². The van der Waals surface area contributed by atoms with E-state index in [0.717, 1.165) is 27.9 Å². The molecule has 3 rings (SSSR count). The fourth-order valence-corrected chi connectivity index (χ4v) is 2.13.